The number of nitrogens with one attached hydrogen (secondary N) is 1. The molecule has 20 heavy (non-hydrogen) atoms. The van der Waals surface area contributed by atoms with Crippen LogP contribution in [-0.4, -0.2) is 21.5 Å². The summed E-state index contributed by atoms with van der Waals surface area (Å²) >= 11 is 0. The average molecular weight is 273 g/mol. The first-order chi connectivity index (χ1) is 9.43. The van der Waals surface area contributed by atoms with Crippen molar-refractivity contribution in [1.29, 1.82) is 0 Å². The lowest BCUT2D eigenvalue weighted by Gasteiger charge is -2.12. The van der Waals surface area contributed by atoms with Gasteiger partial charge >= 0.3 is 0 Å². The highest BCUT2D eigenvalue weighted by molar-refractivity contribution is 5.97. The minimum atomic E-state index is -0.116. The Hall–Kier alpha value is -2.17. The predicted octanol–water partition coefficient (Wildman–Crippen LogP) is 1.77. The van der Waals surface area contributed by atoms with Gasteiger partial charge in [-0.15, -0.1) is 0 Å². The van der Waals surface area contributed by atoms with Crippen LogP contribution in [0.4, 0.5) is 0 Å². The van der Waals surface area contributed by atoms with Crippen molar-refractivity contribution in [2.45, 2.75) is 33.2 Å². The number of hydrogen-bond acceptors (Lipinski definition) is 3. The maximum atomic E-state index is 12.1. The van der Waals surface area contributed by atoms with E-state index in [2.05, 4.69) is 10.3 Å². The second-order valence-electron chi connectivity index (χ2n) is 5.05. The first-order valence-corrected chi connectivity index (χ1v) is 6.72. The zero-order valence-corrected chi connectivity index (χ0v) is 12.2. The number of carbonyl (C=O) groups is 1. The molecule has 5 heteroatoms. The van der Waals surface area contributed by atoms with Gasteiger partial charge in [-0.05, 0) is 38.5 Å². The monoisotopic (exact) mass is 273 g/mol. The number of aromatic nitrogens is 2. The third kappa shape index (κ3) is 2.57. The van der Waals surface area contributed by atoms with E-state index < -0.39 is 0 Å². The summed E-state index contributed by atoms with van der Waals surface area (Å²) < 4.78 is 1.55. The lowest BCUT2D eigenvalue weighted by Crippen LogP contribution is -2.32. The molecule has 0 bridgehead atoms. The second-order valence-corrected chi connectivity index (χ2v) is 5.05. The van der Waals surface area contributed by atoms with Crippen LogP contribution in [0.25, 0.3) is 11.0 Å². The van der Waals surface area contributed by atoms with E-state index in [1.54, 1.807) is 36.7 Å². The van der Waals surface area contributed by atoms with E-state index >= 15 is 0 Å². The van der Waals surface area contributed by atoms with Gasteiger partial charge in [0.1, 0.15) is 5.69 Å². The molecule has 0 saturated heterocycles. The molecule has 1 heterocycles. The normalized spacial score (nSPS) is 12.4. The molecule has 0 saturated carbocycles. The molecule has 1 amide bonds. The van der Waals surface area contributed by atoms with Crippen LogP contribution in [-0.2, 0) is 7.05 Å². The third-order valence-corrected chi connectivity index (χ3v) is 3.49. The topological polar surface area (TPSA) is 64.0 Å². The van der Waals surface area contributed by atoms with Crippen LogP contribution in [0.15, 0.2) is 23.0 Å². The van der Waals surface area contributed by atoms with Crippen LogP contribution in [0.5, 0.6) is 0 Å². The number of nitrogens with zero attached hydrogens (tertiary/aromatic N) is 2. The Morgan fingerprint density at radius 1 is 1.45 bits per heavy atom. The lowest BCUT2D eigenvalue weighted by atomic mass is 10.1. The number of aryl methyl sites for hydroxylation is 2. The van der Waals surface area contributed by atoms with Gasteiger partial charge in [0.15, 0.2) is 0 Å². The van der Waals surface area contributed by atoms with Crippen LogP contribution >= 0.6 is 0 Å². The Bertz CT molecular complexity index is 719. The summed E-state index contributed by atoms with van der Waals surface area (Å²) in [4.78, 5) is 28.2. The van der Waals surface area contributed by atoms with E-state index in [-0.39, 0.29) is 17.5 Å². The fourth-order valence-corrected chi connectivity index (χ4v) is 2.03. The minimum Gasteiger partial charge on any atom is -0.350 e. The van der Waals surface area contributed by atoms with Crippen LogP contribution in [0.3, 0.4) is 0 Å². The number of benzene rings is 1. The van der Waals surface area contributed by atoms with Crippen molar-refractivity contribution in [3.8, 4) is 0 Å². The maximum absolute atomic E-state index is 12.1. The van der Waals surface area contributed by atoms with Gasteiger partial charge in [-0.1, -0.05) is 6.92 Å². The number of hydrogen-bond donors (Lipinski definition) is 1. The van der Waals surface area contributed by atoms with Crippen molar-refractivity contribution >= 4 is 16.9 Å². The summed E-state index contributed by atoms with van der Waals surface area (Å²) in [7, 11) is 1.71. The van der Waals surface area contributed by atoms with Crippen molar-refractivity contribution in [3.05, 3.63) is 39.8 Å². The molecule has 0 aliphatic rings. The smallest absolute Gasteiger partial charge is 0.272 e. The fourth-order valence-electron chi connectivity index (χ4n) is 2.03. The van der Waals surface area contributed by atoms with Crippen molar-refractivity contribution in [1.82, 2.24) is 14.9 Å². The summed E-state index contributed by atoms with van der Waals surface area (Å²) in [5.41, 5.74) is 2.25. The molecule has 1 aromatic heterocycles. The van der Waals surface area contributed by atoms with Gasteiger partial charge in [-0.25, -0.2) is 4.98 Å². The number of rotatable bonds is 3. The van der Waals surface area contributed by atoms with E-state index in [1.165, 1.54) is 0 Å². The molecule has 0 unspecified atom stereocenters. The predicted molar refractivity (Wildman–Crippen MR) is 78.9 cm³/mol. The van der Waals surface area contributed by atoms with Gasteiger partial charge in [0.2, 0.25) is 0 Å². The molecule has 5 nitrogen and oxygen atoms in total. The summed E-state index contributed by atoms with van der Waals surface area (Å²) in [6, 6.07) is 5.33. The van der Waals surface area contributed by atoms with Crippen LogP contribution < -0.4 is 10.9 Å². The molecule has 0 aliphatic carbocycles. The Balaban J connectivity index is 2.47. The largest absolute Gasteiger partial charge is 0.350 e. The molecule has 106 valence electrons. The Kier molecular flexibility index (Phi) is 3.88. The molecule has 2 aromatic rings. The molecular weight excluding hydrogens is 254 g/mol. The molecule has 2 rings (SSSR count). The van der Waals surface area contributed by atoms with E-state index in [0.29, 0.717) is 16.8 Å². The second kappa shape index (κ2) is 5.45. The SMILES string of the molecule is CC[C@@H](C)NC(=O)c1ccc2c(c1)nc(C)c(=O)n2C. The first kappa shape index (κ1) is 14.2. The molecule has 0 fully saturated rings. The first-order valence-electron chi connectivity index (χ1n) is 6.72. The van der Waals surface area contributed by atoms with Crippen molar-refractivity contribution in [2.75, 3.05) is 0 Å². The molecule has 1 N–H and O–H groups in total. The number of amides is 1. The highest BCUT2D eigenvalue weighted by atomic mass is 16.1. The van der Waals surface area contributed by atoms with Crippen molar-refractivity contribution in [3.63, 3.8) is 0 Å². The Morgan fingerprint density at radius 3 is 2.80 bits per heavy atom. The summed E-state index contributed by atoms with van der Waals surface area (Å²) in [6.45, 7) is 5.66. The maximum Gasteiger partial charge on any atom is 0.272 e. The van der Waals surface area contributed by atoms with Crippen molar-refractivity contribution < 1.29 is 4.79 Å². The van der Waals surface area contributed by atoms with Gasteiger partial charge in [0, 0.05) is 18.7 Å². The zero-order chi connectivity index (χ0) is 14.9. The van der Waals surface area contributed by atoms with E-state index in [4.69, 9.17) is 0 Å². The highest BCUT2D eigenvalue weighted by Crippen LogP contribution is 2.12. The molecular formula is C15H19N3O2. The molecule has 0 radical (unpaired) electrons. The fraction of sp³-hybridized carbons (Fsp3) is 0.400. The van der Waals surface area contributed by atoms with Gasteiger partial charge in [-0.2, -0.15) is 0 Å². The van der Waals surface area contributed by atoms with Crippen LogP contribution in [0, 0.1) is 6.92 Å². The lowest BCUT2D eigenvalue weighted by molar-refractivity contribution is 0.0939. The quantitative estimate of drug-likeness (QED) is 0.927. The molecule has 1 aromatic carbocycles. The van der Waals surface area contributed by atoms with E-state index in [0.717, 1.165) is 11.9 Å². The van der Waals surface area contributed by atoms with Crippen LogP contribution in [0.2, 0.25) is 0 Å². The molecule has 0 spiro atoms. The highest BCUT2D eigenvalue weighted by Gasteiger charge is 2.11. The Morgan fingerprint density at radius 2 is 2.15 bits per heavy atom. The standard InChI is InChI=1S/C15H19N3O2/c1-5-9(2)16-14(19)11-6-7-13-12(8-11)17-10(3)15(20)18(13)4/h6-9H,5H2,1-4H3,(H,16,19)/t9-/m1/s1. The molecule has 0 aliphatic heterocycles. The minimum absolute atomic E-state index is 0.116. The van der Waals surface area contributed by atoms with Gasteiger partial charge in [0.05, 0.1) is 11.0 Å². The van der Waals surface area contributed by atoms with Gasteiger partial charge in [-0.3, -0.25) is 9.59 Å². The average Bonchev–Trinajstić information content (AvgIpc) is 2.44. The van der Waals surface area contributed by atoms with Gasteiger partial charge in [0.25, 0.3) is 11.5 Å². The number of carbonyl (C=O) groups excluding carboxylic acids is 1. The van der Waals surface area contributed by atoms with E-state index in [9.17, 15) is 9.59 Å². The summed E-state index contributed by atoms with van der Waals surface area (Å²) in [6.07, 6.45) is 0.880. The third-order valence-electron chi connectivity index (χ3n) is 3.49. The van der Waals surface area contributed by atoms with Gasteiger partial charge < -0.3 is 9.88 Å². The van der Waals surface area contributed by atoms with Crippen molar-refractivity contribution in [2.24, 2.45) is 7.05 Å². The van der Waals surface area contributed by atoms with Crippen LogP contribution in [0.1, 0.15) is 36.3 Å². The number of fused-ring (bicyclic) bond motifs is 1. The molecule has 1 atom stereocenters. The summed E-state index contributed by atoms with van der Waals surface area (Å²) in [5.74, 6) is -0.116. The summed E-state index contributed by atoms with van der Waals surface area (Å²) in [5, 5.41) is 2.92. The zero-order valence-electron chi connectivity index (χ0n) is 12.2. The Labute approximate surface area is 117 Å². The van der Waals surface area contributed by atoms with E-state index in [1.807, 2.05) is 13.8 Å².